The highest BCUT2D eigenvalue weighted by molar-refractivity contribution is 7.81. The second-order valence-corrected chi connectivity index (χ2v) is 4.99. The van der Waals surface area contributed by atoms with Crippen LogP contribution in [-0.4, -0.2) is 15.0 Å². The van der Waals surface area contributed by atoms with E-state index in [9.17, 15) is 0 Å². The maximum absolute atomic E-state index is 5.60. The highest BCUT2D eigenvalue weighted by Gasteiger charge is 2.07. The summed E-state index contributed by atoms with van der Waals surface area (Å²) in [4.78, 5) is 9.90. The molecule has 92 valence electrons. The van der Waals surface area contributed by atoms with Crippen molar-refractivity contribution in [3.8, 4) is 11.4 Å². The van der Waals surface area contributed by atoms with E-state index in [0.29, 0.717) is 10.8 Å². The van der Waals surface area contributed by atoms with E-state index in [1.165, 1.54) is 0 Å². The van der Waals surface area contributed by atoms with E-state index in [2.05, 4.69) is 22.6 Å². The summed E-state index contributed by atoms with van der Waals surface area (Å²) in [5.41, 5.74) is 9.16. The summed E-state index contributed by atoms with van der Waals surface area (Å²) in [7, 11) is 0. The number of nitrogens with zero attached hydrogens (tertiary/aromatic N) is 2. The molecule has 1 aromatic carbocycles. The zero-order chi connectivity index (χ0) is 13.3. The summed E-state index contributed by atoms with van der Waals surface area (Å²) >= 11 is 9.33. The van der Waals surface area contributed by atoms with E-state index in [1.54, 1.807) is 0 Å². The molecular weight excluding hydrogens is 262 g/mol. The number of benzene rings is 1. The van der Waals surface area contributed by atoms with Crippen molar-refractivity contribution in [2.45, 2.75) is 18.7 Å². The highest BCUT2D eigenvalue weighted by atomic mass is 32.1. The Morgan fingerprint density at radius 1 is 1.17 bits per heavy atom. The molecule has 0 spiro atoms. The molecule has 5 heteroatoms. The van der Waals surface area contributed by atoms with Gasteiger partial charge in [-0.25, -0.2) is 9.97 Å². The minimum Gasteiger partial charge on any atom is -0.389 e. The van der Waals surface area contributed by atoms with Crippen LogP contribution in [0.5, 0.6) is 0 Å². The van der Waals surface area contributed by atoms with Gasteiger partial charge in [-0.05, 0) is 26.0 Å². The van der Waals surface area contributed by atoms with Crippen LogP contribution < -0.4 is 5.73 Å². The van der Waals surface area contributed by atoms with Gasteiger partial charge in [0.2, 0.25) is 0 Å². The van der Waals surface area contributed by atoms with Crippen LogP contribution >= 0.6 is 24.8 Å². The molecule has 0 amide bonds. The molecule has 0 saturated heterocycles. The van der Waals surface area contributed by atoms with Gasteiger partial charge >= 0.3 is 0 Å². The van der Waals surface area contributed by atoms with Gasteiger partial charge in [0.15, 0.2) is 5.82 Å². The van der Waals surface area contributed by atoms with Crippen molar-refractivity contribution in [1.82, 2.24) is 9.97 Å². The van der Waals surface area contributed by atoms with Gasteiger partial charge in [0, 0.05) is 27.4 Å². The van der Waals surface area contributed by atoms with Crippen molar-refractivity contribution < 1.29 is 0 Å². The fourth-order valence-corrected chi connectivity index (χ4v) is 2.32. The quantitative estimate of drug-likeness (QED) is 0.653. The fourth-order valence-electron chi connectivity index (χ4n) is 1.73. The zero-order valence-electron chi connectivity index (χ0n) is 10.1. The fraction of sp³-hybridized carbons (Fsp3) is 0.154. The molecule has 0 atom stereocenters. The molecule has 0 bridgehead atoms. The van der Waals surface area contributed by atoms with Crippen molar-refractivity contribution in [3.05, 3.63) is 41.2 Å². The molecule has 18 heavy (non-hydrogen) atoms. The topological polar surface area (TPSA) is 51.8 Å². The second kappa shape index (κ2) is 5.04. The number of aryl methyl sites for hydroxylation is 2. The number of hydrogen-bond acceptors (Lipinski definition) is 4. The third-order valence-electron chi connectivity index (χ3n) is 2.50. The van der Waals surface area contributed by atoms with Crippen LogP contribution in [0.15, 0.2) is 29.2 Å². The molecule has 0 aliphatic carbocycles. The summed E-state index contributed by atoms with van der Waals surface area (Å²) in [6.07, 6.45) is 0. The molecule has 0 fully saturated rings. The molecule has 0 saturated carbocycles. The third kappa shape index (κ3) is 2.68. The maximum atomic E-state index is 5.60. The average Bonchev–Trinajstić information content (AvgIpc) is 2.26. The largest absolute Gasteiger partial charge is 0.389 e. The van der Waals surface area contributed by atoms with Gasteiger partial charge in [0.05, 0.1) is 0 Å². The molecule has 3 nitrogen and oxygen atoms in total. The minimum atomic E-state index is 0.341. The van der Waals surface area contributed by atoms with E-state index in [0.717, 1.165) is 27.4 Å². The van der Waals surface area contributed by atoms with Crippen molar-refractivity contribution in [1.29, 1.82) is 0 Å². The Bertz CT molecular complexity index is 603. The van der Waals surface area contributed by atoms with E-state index in [4.69, 9.17) is 18.0 Å². The summed E-state index contributed by atoms with van der Waals surface area (Å²) in [5, 5.41) is 0. The lowest BCUT2D eigenvalue weighted by Crippen LogP contribution is -2.10. The van der Waals surface area contributed by atoms with Gasteiger partial charge in [0.25, 0.3) is 0 Å². The Kier molecular flexibility index (Phi) is 3.63. The Morgan fingerprint density at radius 3 is 2.28 bits per heavy atom. The van der Waals surface area contributed by atoms with Crippen molar-refractivity contribution >= 4 is 29.8 Å². The summed E-state index contributed by atoms with van der Waals surface area (Å²) in [6, 6.07) is 7.57. The van der Waals surface area contributed by atoms with Gasteiger partial charge in [-0.1, -0.05) is 24.4 Å². The molecule has 1 heterocycles. The van der Waals surface area contributed by atoms with Crippen molar-refractivity contribution in [2.75, 3.05) is 0 Å². The van der Waals surface area contributed by atoms with Gasteiger partial charge in [-0.3, -0.25) is 0 Å². The van der Waals surface area contributed by atoms with E-state index >= 15 is 0 Å². The number of aromatic nitrogens is 2. The van der Waals surface area contributed by atoms with Crippen LogP contribution in [0.1, 0.15) is 17.0 Å². The van der Waals surface area contributed by atoms with Crippen molar-refractivity contribution in [2.24, 2.45) is 5.73 Å². The van der Waals surface area contributed by atoms with Crippen LogP contribution in [0, 0.1) is 13.8 Å². The predicted octanol–water partition coefficient (Wildman–Crippen LogP) is 2.68. The number of hydrogen-bond donors (Lipinski definition) is 2. The Morgan fingerprint density at radius 2 is 1.78 bits per heavy atom. The SMILES string of the molecule is Cc1cc(C)nc(-c2ccc(C(N)=S)c(S)c2)n1. The monoisotopic (exact) mass is 275 g/mol. The lowest BCUT2D eigenvalue weighted by molar-refractivity contribution is 1.06. The van der Waals surface area contributed by atoms with Gasteiger partial charge in [-0.2, -0.15) is 0 Å². The zero-order valence-corrected chi connectivity index (χ0v) is 11.8. The molecule has 1 aromatic heterocycles. The number of thiol groups is 1. The molecule has 0 unspecified atom stereocenters. The Hall–Kier alpha value is -1.46. The maximum Gasteiger partial charge on any atom is 0.159 e. The van der Waals surface area contributed by atoms with Crippen LogP contribution in [0.25, 0.3) is 11.4 Å². The van der Waals surface area contributed by atoms with Crippen LogP contribution in [0.3, 0.4) is 0 Å². The number of thiocarbonyl (C=S) groups is 1. The summed E-state index contributed by atoms with van der Waals surface area (Å²) in [6.45, 7) is 3.90. The highest BCUT2D eigenvalue weighted by Crippen LogP contribution is 2.22. The summed E-state index contributed by atoms with van der Waals surface area (Å²) in [5.74, 6) is 0.692. The second-order valence-electron chi connectivity index (χ2n) is 4.07. The molecule has 2 rings (SSSR count). The lowest BCUT2D eigenvalue weighted by Gasteiger charge is -2.07. The first kappa shape index (κ1) is 13.0. The predicted molar refractivity (Wildman–Crippen MR) is 80.1 cm³/mol. The van der Waals surface area contributed by atoms with Gasteiger partial charge in [0.1, 0.15) is 4.99 Å². The standard InChI is InChI=1S/C13H13N3S2/c1-7-5-8(2)16-13(15-7)9-3-4-10(12(14)18)11(17)6-9/h3-6,17H,1-2H3,(H2,14,18). The van der Waals surface area contributed by atoms with Crippen LogP contribution in [-0.2, 0) is 0 Å². The number of rotatable bonds is 2. The molecule has 2 N–H and O–H groups in total. The van der Waals surface area contributed by atoms with Gasteiger partial charge in [-0.15, -0.1) is 12.6 Å². The Labute approximate surface area is 117 Å². The molecular formula is C13H13N3S2. The smallest absolute Gasteiger partial charge is 0.159 e. The molecule has 0 aliphatic heterocycles. The van der Waals surface area contributed by atoms with Crippen LogP contribution in [0.4, 0.5) is 0 Å². The lowest BCUT2D eigenvalue weighted by atomic mass is 10.1. The van der Waals surface area contributed by atoms with E-state index in [1.807, 2.05) is 38.1 Å². The average molecular weight is 275 g/mol. The van der Waals surface area contributed by atoms with Crippen LogP contribution in [0.2, 0.25) is 0 Å². The van der Waals surface area contributed by atoms with Crippen molar-refractivity contribution in [3.63, 3.8) is 0 Å². The first-order valence-electron chi connectivity index (χ1n) is 5.43. The molecule has 2 aromatic rings. The minimum absolute atomic E-state index is 0.341. The molecule has 0 radical (unpaired) electrons. The normalized spacial score (nSPS) is 10.4. The first-order valence-corrected chi connectivity index (χ1v) is 6.28. The Balaban J connectivity index is 2.52. The first-order chi connectivity index (χ1) is 8.47. The van der Waals surface area contributed by atoms with E-state index < -0.39 is 0 Å². The number of nitrogens with two attached hydrogens (primary N) is 1. The van der Waals surface area contributed by atoms with E-state index in [-0.39, 0.29) is 0 Å². The third-order valence-corrected chi connectivity index (χ3v) is 3.09. The summed E-state index contributed by atoms with van der Waals surface area (Å²) < 4.78 is 0. The van der Waals surface area contributed by atoms with Gasteiger partial charge < -0.3 is 5.73 Å². The molecule has 0 aliphatic rings.